The molecular formula is C17H24N3O5+. The number of piperazine rings is 1. The minimum Gasteiger partial charge on any atom is -0.454 e. The van der Waals surface area contributed by atoms with Gasteiger partial charge in [-0.05, 0) is 26.0 Å². The van der Waals surface area contributed by atoms with Gasteiger partial charge in [-0.15, -0.1) is 0 Å². The number of quaternary nitrogens is 1. The first kappa shape index (κ1) is 17.3. The van der Waals surface area contributed by atoms with E-state index in [1.165, 1.54) is 0 Å². The zero-order valence-electron chi connectivity index (χ0n) is 14.5. The Morgan fingerprint density at radius 2 is 2.00 bits per heavy atom. The summed E-state index contributed by atoms with van der Waals surface area (Å²) in [6.07, 6.45) is -0.279. The second-order valence-corrected chi connectivity index (χ2v) is 6.12. The van der Waals surface area contributed by atoms with Crippen molar-refractivity contribution in [2.24, 2.45) is 0 Å². The van der Waals surface area contributed by atoms with Crippen molar-refractivity contribution in [1.29, 1.82) is 0 Å². The molecule has 3 rings (SSSR count). The molecule has 2 aliphatic heterocycles. The van der Waals surface area contributed by atoms with Crippen LogP contribution in [-0.4, -0.2) is 62.5 Å². The third-order valence-electron chi connectivity index (χ3n) is 4.58. The van der Waals surface area contributed by atoms with E-state index >= 15 is 0 Å². The Morgan fingerprint density at radius 1 is 1.28 bits per heavy atom. The van der Waals surface area contributed by atoms with Gasteiger partial charge in [-0.1, -0.05) is 0 Å². The van der Waals surface area contributed by atoms with Gasteiger partial charge in [0, 0.05) is 11.8 Å². The molecule has 1 atom stereocenters. The number of fused-ring (bicyclic) bond motifs is 1. The van der Waals surface area contributed by atoms with Gasteiger partial charge >= 0.3 is 6.09 Å². The molecule has 0 aromatic heterocycles. The van der Waals surface area contributed by atoms with Gasteiger partial charge in [0.2, 0.25) is 6.79 Å². The second kappa shape index (κ2) is 7.60. The van der Waals surface area contributed by atoms with Gasteiger partial charge in [0.25, 0.3) is 5.91 Å². The molecule has 8 nitrogen and oxygen atoms in total. The van der Waals surface area contributed by atoms with Crippen molar-refractivity contribution in [3.63, 3.8) is 0 Å². The first-order chi connectivity index (χ1) is 12.1. The van der Waals surface area contributed by atoms with E-state index in [1.54, 1.807) is 30.0 Å². The Kier molecular flexibility index (Phi) is 5.28. The van der Waals surface area contributed by atoms with Crippen LogP contribution >= 0.6 is 0 Å². The van der Waals surface area contributed by atoms with Crippen molar-refractivity contribution in [3.05, 3.63) is 18.2 Å². The number of carbonyl (C=O) groups is 2. The van der Waals surface area contributed by atoms with Crippen LogP contribution in [0.5, 0.6) is 11.5 Å². The number of nitrogens with one attached hydrogen (secondary N) is 2. The van der Waals surface area contributed by atoms with Crippen LogP contribution in [0.3, 0.4) is 0 Å². The van der Waals surface area contributed by atoms with Gasteiger partial charge in [0.15, 0.2) is 17.5 Å². The maximum Gasteiger partial charge on any atom is 0.410 e. The fourth-order valence-corrected chi connectivity index (χ4v) is 3.03. The van der Waals surface area contributed by atoms with Crippen LogP contribution in [0.1, 0.15) is 13.8 Å². The highest BCUT2D eigenvalue weighted by Gasteiger charge is 2.31. The number of rotatable bonds is 4. The van der Waals surface area contributed by atoms with Crippen molar-refractivity contribution < 1.29 is 28.7 Å². The number of anilines is 1. The lowest BCUT2D eigenvalue weighted by Gasteiger charge is -2.34. The van der Waals surface area contributed by atoms with Crippen molar-refractivity contribution in [2.75, 3.05) is 44.9 Å². The number of nitrogens with zero attached hydrogens (tertiary/aromatic N) is 1. The van der Waals surface area contributed by atoms with E-state index in [2.05, 4.69) is 5.32 Å². The molecule has 1 saturated heterocycles. The topological polar surface area (TPSA) is 81.5 Å². The van der Waals surface area contributed by atoms with E-state index in [-0.39, 0.29) is 24.8 Å². The highest BCUT2D eigenvalue weighted by atomic mass is 16.7. The molecule has 0 unspecified atom stereocenters. The molecule has 2 amide bonds. The van der Waals surface area contributed by atoms with Crippen molar-refractivity contribution in [3.8, 4) is 11.5 Å². The van der Waals surface area contributed by atoms with Crippen molar-refractivity contribution >= 4 is 17.7 Å². The third kappa shape index (κ3) is 3.96. The van der Waals surface area contributed by atoms with Crippen LogP contribution in [0.4, 0.5) is 10.5 Å². The smallest absolute Gasteiger partial charge is 0.410 e. The summed E-state index contributed by atoms with van der Waals surface area (Å²) in [6.45, 7) is 6.90. The number of carbonyl (C=O) groups excluding carboxylic acids is 2. The first-order valence-corrected chi connectivity index (χ1v) is 8.55. The average molecular weight is 350 g/mol. The SMILES string of the molecule is CCOC(=O)N1CC[NH+]([C@@H](C)C(=O)Nc2ccc3c(c2)OCO3)CC1. The van der Waals surface area contributed by atoms with E-state index in [4.69, 9.17) is 14.2 Å². The summed E-state index contributed by atoms with van der Waals surface area (Å²) in [5.41, 5.74) is 0.686. The molecule has 2 N–H and O–H groups in total. The molecule has 0 aliphatic carbocycles. The number of amides is 2. The van der Waals surface area contributed by atoms with E-state index in [0.717, 1.165) is 4.90 Å². The molecule has 136 valence electrons. The van der Waals surface area contributed by atoms with Crippen molar-refractivity contribution in [1.82, 2.24) is 4.90 Å². The summed E-state index contributed by atoms with van der Waals surface area (Å²) in [5, 5.41) is 2.92. The van der Waals surface area contributed by atoms with Crippen LogP contribution in [0, 0.1) is 0 Å². The fraction of sp³-hybridized carbons (Fsp3) is 0.529. The second-order valence-electron chi connectivity index (χ2n) is 6.12. The summed E-state index contributed by atoms with van der Waals surface area (Å²) in [5.74, 6) is 1.27. The molecule has 1 aromatic rings. The summed E-state index contributed by atoms with van der Waals surface area (Å²) >= 11 is 0. The van der Waals surface area contributed by atoms with Gasteiger partial charge in [-0.2, -0.15) is 0 Å². The maximum absolute atomic E-state index is 12.5. The number of hydrogen-bond donors (Lipinski definition) is 2. The van der Waals surface area contributed by atoms with E-state index < -0.39 is 0 Å². The highest BCUT2D eigenvalue weighted by molar-refractivity contribution is 5.94. The van der Waals surface area contributed by atoms with Crippen LogP contribution < -0.4 is 19.7 Å². The summed E-state index contributed by atoms with van der Waals surface area (Å²) in [7, 11) is 0. The van der Waals surface area contributed by atoms with Crippen LogP contribution in [0.15, 0.2) is 18.2 Å². The molecule has 2 aliphatic rings. The lowest BCUT2D eigenvalue weighted by molar-refractivity contribution is -0.917. The Hall–Kier alpha value is -2.48. The van der Waals surface area contributed by atoms with Crippen LogP contribution in [-0.2, 0) is 9.53 Å². The lowest BCUT2D eigenvalue weighted by Crippen LogP contribution is -3.19. The molecule has 25 heavy (non-hydrogen) atoms. The fourth-order valence-electron chi connectivity index (χ4n) is 3.03. The molecule has 0 saturated carbocycles. The van der Waals surface area contributed by atoms with E-state index in [1.807, 2.05) is 6.92 Å². The van der Waals surface area contributed by atoms with Gasteiger partial charge in [0.05, 0.1) is 32.8 Å². The van der Waals surface area contributed by atoms with Gasteiger partial charge < -0.3 is 24.4 Å². The van der Waals surface area contributed by atoms with Crippen LogP contribution in [0.2, 0.25) is 0 Å². The zero-order valence-corrected chi connectivity index (χ0v) is 14.5. The van der Waals surface area contributed by atoms with Gasteiger partial charge in [-0.25, -0.2) is 4.79 Å². The van der Waals surface area contributed by atoms with E-state index in [0.29, 0.717) is 50.0 Å². The molecule has 0 bridgehead atoms. The number of hydrogen-bond acceptors (Lipinski definition) is 5. The predicted molar refractivity (Wildman–Crippen MR) is 89.9 cm³/mol. The number of ether oxygens (including phenoxy) is 3. The summed E-state index contributed by atoms with van der Waals surface area (Å²) in [4.78, 5) is 27.1. The molecule has 8 heteroatoms. The third-order valence-corrected chi connectivity index (χ3v) is 4.58. The lowest BCUT2D eigenvalue weighted by atomic mass is 10.2. The minimum absolute atomic E-state index is 0.0570. The molecule has 2 heterocycles. The Balaban J connectivity index is 1.52. The quantitative estimate of drug-likeness (QED) is 0.805. The monoisotopic (exact) mass is 350 g/mol. The van der Waals surface area contributed by atoms with Gasteiger partial charge in [0.1, 0.15) is 0 Å². The molecule has 0 radical (unpaired) electrons. The van der Waals surface area contributed by atoms with Crippen LogP contribution in [0.25, 0.3) is 0 Å². The largest absolute Gasteiger partial charge is 0.454 e. The van der Waals surface area contributed by atoms with E-state index in [9.17, 15) is 9.59 Å². The summed E-state index contributed by atoms with van der Waals surface area (Å²) in [6, 6.07) is 5.13. The Morgan fingerprint density at radius 3 is 2.72 bits per heavy atom. The molecule has 1 aromatic carbocycles. The zero-order chi connectivity index (χ0) is 17.8. The number of benzene rings is 1. The van der Waals surface area contributed by atoms with Crippen molar-refractivity contribution in [2.45, 2.75) is 19.9 Å². The normalized spacial score (nSPS) is 17.9. The average Bonchev–Trinajstić information content (AvgIpc) is 3.09. The first-order valence-electron chi connectivity index (χ1n) is 8.55. The molecule has 0 spiro atoms. The maximum atomic E-state index is 12.5. The standard InChI is InChI=1S/C17H23N3O5/c1-3-23-17(22)20-8-6-19(7-9-20)12(2)16(21)18-13-4-5-14-15(10-13)25-11-24-14/h4-5,10,12H,3,6-9,11H2,1-2H3,(H,18,21)/p+1/t12-/m0/s1. The van der Waals surface area contributed by atoms with Gasteiger partial charge in [-0.3, -0.25) is 9.69 Å². The molecular weight excluding hydrogens is 326 g/mol. The Bertz CT molecular complexity index is 643. The predicted octanol–water partition coefficient (Wildman–Crippen LogP) is 0.0993. The Labute approximate surface area is 146 Å². The summed E-state index contributed by atoms with van der Waals surface area (Å²) < 4.78 is 15.6. The minimum atomic E-state index is -0.279. The highest BCUT2D eigenvalue weighted by Crippen LogP contribution is 2.34. The molecule has 1 fully saturated rings.